The van der Waals surface area contributed by atoms with Gasteiger partial charge < -0.3 is 19.7 Å². The predicted molar refractivity (Wildman–Crippen MR) is 69.2 cm³/mol. The molecule has 0 bridgehead atoms. The van der Waals surface area contributed by atoms with Crippen LogP contribution in [0.2, 0.25) is 0 Å². The van der Waals surface area contributed by atoms with E-state index in [2.05, 4.69) is 11.2 Å². The number of piperazine rings is 1. The van der Waals surface area contributed by atoms with Gasteiger partial charge in [0.2, 0.25) is 0 Å². The highest BCUT2D eigenvalue weighted by Gasteiger charge is 2.27. The number of ether oxygens (including phenoxy) is 2. The van der Waals surface area contributed by atoms with E-state index in [0.717, 1.165) is 6.54 Å². The quantitative estimate of drug-likeness (QED) is 0.599. The molecule has 1 amide bonds. The number of nitrogens with zero attached hydrogens (tertiary/aromatic N) is 1. The Labute approximate surface area is 109 Å². The molecule has 1 fully saturated rings. The molecular formula is C13H22N2O3. The lowest BCUT2D eigenvalue weighted by Crippen LogP contribution is -2.55. The van der Waals surface area contributed by atoms with Crippen LogP contribution in [0.4, 0.5) is 4.79 Å². The van der Waals surface area contributed by atoms with Crippen molar-refractivity contribution < 1.29 is 14.3 Å². The molecule has 1 aliphatic heterocycles. The Balaban J connectivity index is 2.39. The fraction of sp³-hybridized carbons (Fsp3) is 0.769. The van der Waals surface area contributed by atoms with Gasteiger partial charge in [0.05, 0.1) is 6.61 Å². The van der Waals surface area contributed by atoms with Gasteiger partial charge in [-0.3, -0.25) is 0 Å². The number of carbonyl (C=O) groups is 1. The number of nitrogens with one attached hydrogen (secondary N) is 1. The molecule has 1 saturated heterocycles. The molecule has 0 aromatic heterocycles. The van der Waals surface area contributed by atoms with Crippen molar-refractivity contribution in [3.8, 4) is 12.3 Å². The van der Waals surface area contributed by atoms with Crippen molar-refractivity contribution in [1.29, 1.82) is 0 Å². The van der Waals surface area contributed by atoms with Crippen molar-refractivity contribution >= 4 is 6.09 Å². The second-order valence-electron chi connectivity index (χ2n) is 5.30. The molecule has 5 nitrogen and oxygen atoms in total. The van der Waals surface area contributed by atoms with Crippen LogP contribution in [0.1, 0.15) is 20.8 Å². The average Bonchev–Trinajstić information content (AvgIpc) is 2.27. The SMILES string of the molecule is C#CCOCC1CN(C(=O)OC(C)(C)C)CCN1. The third-order valence-corrected chi connectivity index (χ3v) is 2.41. The number of terminal acetylenes is 1. The monoisotopic (exact) mass is 254 g/mol. The van der Waals surface area contributed by atoms with E-state index in [-0.39, 0.29) is 12.1 Å². The molecule has 0 aliphatic carbocycles. The Hall–Kier alpha value is -1.25. The topological polar surface area (TPSA) is 50.8 Å². The number of amides is 1. The summed E-state index contributed by atoms with van der Waals surface area (Å²) in [7, 11) is 0. The minimum Gasteiger partial charge on any atom is -0.444 e. The van der Waals surface area contributed by atoms with Gasteiger partial charge in [0.25, 0.3) is 0 Å². The lowest BCUT2D eigenvalue weighted by Gasteiger charge is -2.34. The lowest BCUT2D eigenvalue weighted by molar-refractivity contribution is 0.0150. The summed E-state index contributed by atoms with van der Waals surface area (Å²) >= 11 is 0. The Morgan fingerprint density at radius 1 is 1.56 bits per heavy atom. The van der Waals surface area contributed by atoms with Gasteiger partial charge in [0.15, 0.2) is 0 Å². The van der Waals surface area contributed by atoms with E-state index in [4.69, 9.17) is 15.9 Å². The third-order valence-electron chi connectivity index (χ3n) is 2.41. The first-order valence-electron chi connectivity index (χ1n) is 6.15. The maximum Gasteiger partial charge on any atom is 0.410 e. The number of hydrogen-bond acceptors (Lipinski definition) is 4. The zero-order valence-corrected chi connectivity index (χ0v) is 11.4. The molecule has 0 saturated carbocycles. The highest BCUT2D eigenvalue weighted by Crippen LogP contribution is 2.11. The number of hydrogen-bond donors (Lipinski definition) is 1. The Morgan fingerprint density at radius 3 is 2.89 bits per heavy atom. The Kier molecular flexibility index (Phi) is 5.45. The molecule has 1 atom stereocenters. The third kappa shape index (κ3) is 5.39. The summed E-state index contributed by atoms with van der Waals surface area (Å²) < 4.78 is 10.6. The summed E-state index contributed by atoms with van der Waals surface area (Å²) in [6.07, 6.45) is 4.84. The zero-order chi connectivity index (χ0) is 13.6. The van der Waals surface area contributed by atoms with E-state index in [9.17, 15) is 4.79 Å². The first-order valence-corrected chi connectivity index (χ1v) is 6.15. The standard InChI is InChI=1S/C13H22N2O3/c1-5-8-17-10-11-9-15(7-6-14-11)12(16)18-13(2,3)4/h1,11,14H,6-10H2,2-4H3. The second-order valence-corrected chi connectivity index (χ2v) is 5.30. The van der Waals surface area contributed by atoms with E-state index >= 15 is 0 Å². The van der Waals surface area contributed by atoms with Crippen LogP contribution >= 0.6 is 0 Å². The van der Waals surface area contributed by atoms with Gasteiger partial charge in [0.1, 0.15) is 12.2 Å². The maximum absolute atomic E-state index is 11.9. The number of carbonyl (C=O) groups excluding carboxylic acids is 1. The van der Waals surface area contributed by atoms with Gasteiger partial charge in [0, 0.05) is 25.7 Å². The van der Waals surface area contributed by atoms with Crippen molar-refractivity contribution in [2.45, 2.75) is 32.4 Å². The van der Waals surface area contributed by atoms with Crippen LogP contribution in [0.15, 0.2) is 0 Å². The summed E-state index contributed by atoms with van der Waals surface area (Å²) in [6.45, 7) is 8.36. The van der Waals surface area contributed by atoms with Crippen LogP contribution in [0.5, 0.6) is 0 Å². The minimum absolute atomic E-state index is 0.111. The van der Waals surface area contributed by atoms with Gasteiger partial charge in [-0.1, -0.05) is 5.92 Å². The molecule has 0 spiro atoms. The molecular weight excluding hydrogens is 232 g/mol. The molecule has 102 valence electrons. The highest BCUT2D eigenvalue weighted by molar-refractivity contribution is 5.68. The van der Waals surface area contributed by atoms with E-state index < -0.39 is 5.60 Å². The summed E-state index contributed by atoms with van der Waals surface area (Å²) in [5.74, 6) is 2.42. The first-order chi connectivity index (χ1) is 8.42. The summed E-state index contributed by atoms with van der Waals surface area (Å²) in [5.41, 5.74) is -0.461. The lowest BCUT2D eigenvalue weighted by atomic mass is 10.2. The highest BCUT2D eigenvalue weighted by atomic mass is 16.6. The van der Waals surface area contributed by atoms with Gasteiger partial charge in [-0.05, 0) is 20.8 Å². The summed E-state index contributed by atoms with van der Waals surface area (Å²) in [4.78, 5) is 13.6. The van der Waals surface area contributed by atoms with Crippen LogP contribution in [-0.2, 0) is 9.47 Å². The number of rotatable bonds is 3. The second kappa shape index (κ2) is 6.62. The fourth-order valence-electron chi connectivity index (χ4n) is 1.69. The predicted octanol–water partition coefficient (Wildman–Crippen LogP) is 0.845. The molecule has 5 heteroatoms. The molecule has 18 heavy (non-hydrogen) atoms. The van der Waals surface area contributed by atoms with Crippen molar-refractivity contribution in [3.63, 3.8) is 0 Å². The molecule has 1 aliphatic rings. The molecule has 1 heterocycles. The largest absolute Gasteiger partial charge is 0.444 e. The Morgan fingerprint density at radius 2 is 2.28 bits per heavy atom. The van der Waals surface area contributed by atoms with Gasteiger partial charge in [-0.25, -0.2) is 4.79 Å². The van der Waals surface area contributed by atoms with Gasteiger partial charge >= 0.3 is 6.09 Å². The van der Waals surface area contributed by atoms with Crippen LogP contribution in [0, 0.1) is 12.3 Å². The van der Waals surface area contributed by atoms with E-state index in [1.807, 2.05) is 20.8 Å². The molecule has 1 unspecified atom stereocenters. The van der Waals surface area contributed by atoms with E-state index in [0.29, 0.717) is 26.3 Å². The molecule has 0 aromatic rings. The van der Waals surface area contributed by atoms with Crippen molar-refractivity contribution in [2.24, 2.45) is 0 Å². The normalized spacial score (nSPS) is 20.3. The van der Waals surface area contributed by atoms with Crippen molar-refractivity contribution in [3.05, 3.63) is 0 Å². The van der Waals surface area contributed by atoms with E-state index in [1.54, 1.807) is 4.90 Å². The minimum atomic E-state index is -0.461. The molecule has 1 rings (SSSR count). The van der Waals surface area contributed by atoms with Crippen LogP contribution in [0.3, 0.4) is 0 Å². The molecule has 0 radical (unpaired) electrons. The van der Waals surface area contributed by atoms with Gasteiger partial charge in [-0.2, -0.15) is 0 Å². The average molecular weight is 254 g/mol. The van der Waals surface area contributed by atoms with Crippen LogP contribution < -0.4 is 5.32 Å². The van der Waals surface area contributed by atoms with Crippen LogP contribution in [0.25, 0.3) is 0 Å². The van der Waals surface area contributed by atoms with Crippen molar-refractivity contribution in [1.82, 2.24) is 10.2 Å². The molecule has 0 aromatic carbocycles. The zero-order valence-electron chi connectivity index (χ0n) is 11.4. The van der Waals surface area contributed by atoms with Gasteiger partial charge in [-0.15, -0.1) is 6.42 Å². The smallest absolute Gasteiger partial charge is 0.410 e. The first kappa shape index (κ1) is 14.8. The van der Waals surface area contributed by atoms with Crippen LogP contribution in [-0.4, -0.2) is 55.5 Å². The summed E-state index contributed by atoms with van der Waals surface area (Å²) in [6, 6.07) is 0.111. The fourth-order valence-corrected chi connectivity index (χ4v) is 1.69. The maximum atomic E-state index is 11.9. The Bertz CT molecular complexity index is 317. The summed E-state index contributed by atoms with van der Waals surface area (Å²) in [5, 5.41) is 3.28. The van der Waals surface area contributed by atoms with E-state index in [1.165, 1.54) is 0 Å². The van der Waals surface area contributed by atoms with Crippen molar-refractivity contribution in [2.75, 3.05) is 32.8 Å². The molecule has 1 N–H and O–H groups in total.